The van der Waals surface area contributed by atoms with Crippen molar-refractivity contribution in [2.24, 2.45) is 22.7 Å². The van der Waals surface area contributed by atoms with Crippen LogP contribution in [-0.4, -0.2) is 20.1 Å². The van der Waals surface area contributed by atoms with E-state index >= 15 is 0 Å². The van der Waals surface area contributed by atoms with Gasteiger partial charge in [-0.3, -0.25) is 0 Å². The second-order valence-electron chi connectivity index (χ2n) is 8.97. The Labute approximate surface area is 151 Å². The summed E-state index contributed by atoms with van der Waals surface area (Å²) in [5, 5.41) is 9.56. The molecule has 25 heavy (non-hydrogen) atoms. The van der Waals surface area contributed by atoms with E-state index in [-0.39, 0.29) is 17.4 Å². The zero-order valence-corrected chi connectivity index (χ0v) is 15.6. The lowest BCUT2D eigenvalue weighted by atomic mass is 9.43. The van der Waals surface area contributed by atoms with E-state index < -0.39 is 9.84 Å². The Kier molecular flexibility index (Phi) is 4.12. The van der Waals surface area contributed by atoms with Crippen LogP contribution in [0.3, 0.4) is 0 Å². The lowest BCUT2D eigenvalue weighted by Crippen LogP contribution is -2.52. The molecule has 4 heteroatoms. The fourth-order valence-corrected chi connectivity index (χ4v) is 8.01. The van der Waals surface area contributed by atoms with Crippen molar-refractivity contribution in [1.82, 2.24) is 0 Å². The lowest BCUT2D eigenvalue weighted by molar-refractivity contribution is -0.116. The molecule has 4 fully saturated rings. The van der Waals surface area contributed by atoms with Crippen molar-refractivity contribution in [3.8, 4) is 0 Å². The topological polar surface area (TPSA) is 54.4 Å². The average molecular weight is 361 g/mol. The first kappa shape index (κ1) is 17.3. The molecule has 4 bridgehead atoms. The molecular weight excluding hydrogens is 332 g/mol. The van der Waals surface area contributed by atoms with E-state index in [4.69, 9.17) is 0 Å². The van der Waals surface area contributed by atoms with Gasteiger partial charge in [-0.25, -0.2) is 8.42 Å². The van der Waals surface area contributed by atoms with Crippen LogP contribution < -0.4 is 0 Å². The summed E-state index contributed by atoms with van der Waals surface area (Å²) < 4.78 is 25.8. The number of hydrogen-bond acceptors (Lipinski definition) is 3. The van der Waals surface area contributed by atoms with Gasteiger partial charge in [0.2, 0.25) is 9.84 Å². The maximum absolute atomic E-state index is 12.9. The molecule has 0 radical (unpaired) electrons. The summed E-state index contributed by atoms with van der Waals surface area (Å²) in [5.74, 6) is 1.42. The van der Waals surface area contributed by atoms with Gasteiger partial charge >= 0.3 is 0 Å². The Bertz CT molecular complexity index is 752. The standard InChI is InChI=1S/C21H28O3S/c1-16(25(23,24)19-5-3-2-4-6-19)10-21-13-17-9-18(14-21)12-20(11-17,15-21)7-8-22/h2-6,17-18,22H,1,7-15H2/t17-,18+,20?,21?. The van der Waals surface area contributed by atoms with Crippen molar-refractivity contribution < 1.29 is 13.5 Å². The highest BCUT2D eigenvalue weighted by Crippen LogP contribution is 2.67. The molecule has 0 amide bonds. The molecule has 4 saturated carbocycles. The minimum atomic E-state index is -3.46. The smallest absolute Gasteiger partial charge is 0.202 e. The number of rotatable bonds is 6. The Morgan fingerprint density at radius 3 is 2.28 bits per heavy atom. The molecule has 4 atom stereocenters. The predicted octanol–water partition coefficient (Wildman–Crippen LogP) is 4.33. The van der Waals surface area contributed by atoms with E-state index in [1.54, 1.807) is 24.3 Å². The number of aliphatic hydroxyl groups is 1. The maximum Gasteiger partial charge on any atom is 0.202 e. The average Bonchev–Trinajstić information content (AvgIpc) is 2.53. The van der Waals surface area contributed by atoms with Gasteiger partial charge in [0.25, 0.3) is 0 Å². The normalized spacial score (nSPS) is 36.5. The van der Waals surface area contributed by atoms with Crippen LogP contribution in [0.25, 0.3) is 0 Å². The van der Waals surface area contributed by atoms with Crippen molar-refractivity contribution in [2.75, 3.05) is 6.61 Å². The van der Waals surface area contributed by atoms with Crippen LogP contribution >= 0.6 is 0 Å². The molecule has 1 aromatic rings. The van der Waals surface area contributed by atoms with Crippen LogP contribution in [-0.2, 0) is 9.84 Å². The van der Waals surface area contributed by atoms with Crippen LogP contribution in [0.2, 0.25) is 0 Å². The summed E-state index contributed by atoms with van der Waals surface area (Å²) in [7, 11) is -3.46. The molecule has 0 heterocycles. The fraction of sp³-hybridized carbons (Fsp3) is 0.619. The molecule has 0 aliphatic heterocycles. The SMILES string of the molecule is C=C(CC12C[C@@H]3C[C@@H](CC(CCO)(C3)C1)C2)S(=O)(=O)c1ccccc1. The maximum atomic E-state index is 12.9. The second-order valence-corrected chi connectivity index (χ2v) is 11.0. The van der Waals surface area contributed by atoms with Crippen LogP contribution in [0, 0.1) is 22.7 Å². The minimum absolute atomic E-state index is 0.0815. The monoisotopic (exact) mass is 360 g/mol. The van der Waals surface area contributed by atoms with Crippen LogP contribution in [0.5, 0.6) is 0 Å². The summed E-state index contributed by atoms with van der Waals surface area (Å²) >= 11 is 0. The van der Waals surface area contributed by atoms with Crippen molar-refractivity contribution >= 4 is 9.84 Å². The molecule has 0 saturated heterocycles. The van der Waals surface area contributed by atoms with Gasteiger partial charge in [-0.15, -0.1) is 0 Å². The zero-order valence-electron chi connectivity index (χ0n) is 14.8. The highest BCUT2D eigenvalue weighted by molar-refractivity contribution is 7.95. The Balaban J connectivity index is 1.59. The van der Waals surface area contributed by atoms with Gasteiger partial charge in [0.1, 0.15) is 0 Å². The third-order valence-electron chi connectivity index (χ3n) is 6.95. The van der Waals surface area contributed by atoms with Gasteiger partial charge in [-0.1, -0.05) is 24.8 Å². The summed E-state index contributed by atoms with van der Waals surface area (Å²) in [6, 6.07) is 8.68. The molecule has 5 rings (SSSR count). The van der Waals surface area contributed by atoms with E-state index in [0.717, 1.165) is 25.7 Å². The van der Waals surface area contributed by atoms with Crippen molar-refractivity contribution in [1.29, 1.82) is 0 Å². The quantitative estimate of drug-likeness (QED) is 0.821. The van der Waals surface area contributed by atoms with Crippen LogP contribution in [0.1, 0.15) is 51.4 Å². The number of aliphatic hydroxyl groups excluding tert-OH is 1. The van der Waals surface area contributed by atoms with Crippen molar-refractivity contribution in [3.05, 3.63) is 41.8 Å². The van der Waals surface area contributed by atoms with E-state index in [2.05, 4.69) is 6.58 Å². The Hall–Kier alpha value is -1.13. The first-order chi connectivity index (χ1) is 11.9. The summed E-state index contributed by atoms with van der Waals surface area (Å²) in [4.78, 5) is 0.731. The molecule has 1 N–H and O–H groups in total. The van der Waals surface area contributed by atoms with Gasteiger partial charge in [-0.05, 0) is 86.2 Å². The van der Waals surface area contributed by atoms with Gasteiger partial charge in [0, 0.05) is 11.5 Å². The summed E-state index contributed by atoms with van der Waals surface area (Å²) in [6.07, 6.45) is 8.56. The fourth-order valence-electron chi connectivity index (χ4n) is 6.67. The molecule has 4 aliphatic carbocycles. The molecule has 1 aromatic carbocycles. The highest BCUT2D eigenvalue weighted by Gasteiger charge is 2.57. The molecule has 0 aromatic heterocycles. The third-order valence-corrected chi connectivity index (χ3v) is 8.75. The zero-order chi connectivity index (χ0) is 17.7. The molecule has 136 valence electrons. The van der Waals surface area contributed by atoms with Crippen LogP contribution in [0.4, 0.5) is 0 Å². The molecule has 0 spiro atoms. The molecule has 3 nitrogen and oxygen atoms in total. The second kappa shape index (κ2) is 5.95. The Morgan fingerprint density at radius 1 is 1.08 bits per heavy atom. The predicted molar refractivity (Wildman–Crippen MR) is 98.6 cm³/mol. The van der Waals surface area contributed by atoms with Gasteiger partial charge in [0.05, 0.1) is 4.90 Å². The number of benzene rings is 1. The van der Waals surface area contributed by atoms with E-state index in [1.807, 2.05) is 6.07 Å². The van der Waals surface area contributed by atoms with Crippen LogP contribution in [0.15, 0.2) is 46.7 Å². The van der Waals surface area contributed by atoms with E-state index in [9.17, 15) is 13.5 Å². The summed E-state index contributed by atoms with van der Waals surface area (Å²) in [6.45, 7) is 4.26. The number of allylic oxidation sites excluding steroid dienone is 1. The van der Waals surface area contributed by atoms with Gasteiger partial charge in [0.15, 0.2) is 0 Å². The highest BCUT2D eigenvalue weighted by atomic mass is 32.2. The molecule has 2 unspecified atom stereocenters. The van der Waals surface area contributed by atoms with Crippen molar-refractivity contribution in [3.63, 3.8) is 0 Å². The minimum Gasteiger partial charge on any atom is -0.396 e. The van der Waals surface area contributed by atoms with Crippen molar-refractivity contribution in [2.45, 2.75) is 56.3 Å². The Morgan fingerprint density at radius 2 is 1.68 bits per heavy atom. The van der Waals surface area contributed by atoms with E-state index in [0.29, 0.717) is 28.1 Å². The lowest BCUT2D eigenvalue weighted by Gasteiger charge is -2.62. The number of hydrogen-bond donors (Lipinski definition) is 1. The summed E-state index contributed by atoms with van der Waals surface area (Å²) in [5.41, 5.74) is 0.327. The van der Waals surface area contributed by atoms with Gasteiger partial charge in [-0.2, -0.15) is 0 Å². The van der Waals surface area contributed by atoms with Gasteiger partial charge < -0.3 is 5.11 Å². The largest absolute Gasteiger partial charge is 0.396 e. The first-order valence-corrected chi connectivity index (χ1v) is 10.9. The molecular formula is C21H28O3S. The van der Waals surface area contributed by atoms with E-state index in [1.165, 1.54) is 19.3 Å². The third kappa shape index (κ3) is 2.97. The first-order valence-electron chi connectivity index (χ1n) is 9.45. The number of sulfone groups is 1. The molecule has 4 aliphatic rings.